The molecule has 3 amide bonds. The fraction of sp³-hybridized carbons (Fsp3) is 0.750. The van der Waals surface area contributed by atoms with E-state index in [0.29, 0.717) is 6.61 Å². The maximum absolute atomic E-state index is 12.1. The van der Waals surface area contributed by atoms with Gasteiger partial charge in [0.05, 0.1) is 12.5 Å². The molecule has 2 aliphatic heterocycles. The van der Waals surface area contributed by atoms with Gasteiger partial charge < -0.3 is 9.64 Å². The summed E-state index contributed by atoms with van der Waals surface area (Å²) < 4.78 is 5.50. The molecule has 2 aliphatic rings. The van der Waals surface area contributed by atoms with Crippen LogP contribution in [-0.4, -0.2) is 47.9 Å². The number of hydrogen-bond donors (Lipinski definition) is 1. The van der Waals surface area contributed by atoms with E-state index >= 15 is 0 Å². The van der Waals surface area contributed by atoms with E-state index in [-0.39, 0.29) is 25.0 Å². The van der Waals surface area contributed by atoms with Crippen LogP contribution in [0.15, 0.2) is 0 Å². The van der Waals surface area contributed by atoms with Crippen molar-refractivity contribution in [1.82, 2.24) is 10.2 Å². The molecule has 2 unspecified atom stereocenters. The molecule has 2 rings (SSSR count). The van der Waals surface area contributed by atoms with Crippen LogP contribution in [0.1, 0.15) is 32.6 Å². The van der Waals surface area contributed by atoms with Crippen molar-refractivity contribution >= 4 is 17.7 Å². The van der Waals surface area contributed by atoms with Gasteiger partial charge in [-0.3, -0.25) is 19.7 Å². The smallest absolute Gasteiger partial charge is 0.249 e. The molecule has 2 fully saturated rings. The summed E-state index contributed by atoms with van der Waals surface area (Å²) in [5.74, 6) is -1.02. The number of nitrogens with one attached hydrogen (secondary N) is 1. The Kier molecular flexibility index (Phi) is 3.96. The lowest BCUT2D eigenvalue weighted by molar-refractivity contribution is -0.151. The molecule has 0 aromatic carbocycles. The fourth-order valence-electron chi connectivity index (χ4n) is 2.30. The zero-order valence-corrected chi connectivity index (χ0v) is 10.5. The second-order valence-electron chi connectivity index (χ2n) is 4.80. The van der Waals surface area contributed by atoms with Crippen molar-refractivity contribution in [2.24, 2.45) is 0 Å². The molecule has 18 heavy (non-hydrogen) atoms. The largest absolute Gasteiger partial charge is 0.378 e. The third kappa shape index (κ3) is 2.87. The summed E-state index contributed by atoms with van der Waals surface area (Å²) in [6, 6.07) is -0.584. The van der Waals surface area contributed by atoms with Gasteiger partial charge in [0.2, 0.25) is 17.7 Å². The van der Waals surface area contributed by atoms with E-state index in [1.165, 1.54) is 4.90 Å². The van der Waals surface area contributed by atoms with E-state index in [2.05, 4.69) is 5.32 Å². The van der Waals surface area contributed by atoms with Crippen LogP contribution >= 0.6 is 0 Å². The van der Waals surface area contributed by atoms with Gasteiger partial charge >= 0.3 is 0 Å². The van der Waals surface area contributed by atoms with Gasteiger partial charge in [0.1, 0.15) is 12.6 Å². The minimum absolute atomic E-state index is 0.0432. The third-order valence-corrected chi connectivity index (χ3v) is 3.42. The van der Waals surface area contributed by atoms with Crippen molar-refractivity contribution in [1.29, 1.82) is 0 Å². The summed E-state index contributed by atoms with van der Waals surface area (Å²) in [5, 5.41) is 2.21. The number of carbonyl (C=O) groups is 3. The Morgan fingerprint density at radius 3 is 2.89 bits per heavy atom. The normalized spacial score (nSPS) is 29.1. The molecule has 2 atom stereocenters. The van der Waals surface area contributed by atoms with Crippen molar-refractivity contribution in [3.63, 3.8) is 0 Å². The van der Waals surface area contributed by atoms with Crippen LogP contribution < -0.4 is 5.32 Å². The Balaban J connectivity index is 1.94. The van der Waals surface area contributed by atoms with Crippen LogP contribution in [0, 0.1) is 0 Å². The summed E-state index contributed by atoms with van der Waals surface area (Å²) in [5.41, 5.74) is 0. The molecule has 0 aliphatic carbocycles. The van der Waals surface area contributed by atoms with Gasteiger partial charge in [-0.2, -0.15) is 0 Å². The van der Waals surface area contributed by atoms with Crippen molar-refractivity contribution in [2.75, 3.05) is 13.2 Å². The molecule has 2 heterocycles. The van der Waals surface area contributed by atoms with E-state index in [1.807, 2.05) is 0 Å². The molecule has 6 heteroatoms. The lowest BCUT2D eigenvalue weighted by Gasteiger charge is -2.33. The highest BCUT2D eigenvalue weighted by atomic mass is 16.5. The maximum atomic E-state index is 12.1. The second kappa shape index (κ2) is 5.48. The van der Waals surface area contributed by atoms with Gasteiger partial charge in [0.25, 0.3) is 0 Å². The number of nitrogens with zero attached hydrogens (tertiary/aromatic N) is 1. The van der Waals surface area contributed by atoms with Crippen molar-refractivity contribution in [2.45, 2.75) is 44.8 Å². The Morgan fingerprint density at radius 1 is 1.44 bits per heavy atom. The topological polar surface area (TPSA) is 75.7 Å². The maximum Gasteiger partial charge on any atom is 0.249 e. The highest BCUT2D eigenvalue weighted by Crippen LogP contribution is 2.18. The standard InChI is InChI=1S/C12H18N2O4/c1-8-12(17)13-10(15)7-14(8)11(16)6-9-4-2-3-5-18-9/h8-9H,2-7H2,1H3,(H,13,15,17). The van der Waals surface area contributed by atoms with Crippen LogP contribution in [0.25, 0.3) is 0 Å². The third-order valence-electron chi connectivity index (χ3n) is 3.42. The van der Waals surface area contributed by atoms with Crippen LogP contribution in [0.2, 0.25) is 0 Å². The summed E-state index contributed by atoms with van der Waals surface area (Å²) in [6.07, 6.45) is 3.15. The molecule has 100 valence electrons. The lowest BCUT2D eigenvalue weighted by atomic mass is 10.0. The first-order chi connectivity index (χ1) is 8.58. The minimum atomic E-state index is -0.584. The van der Waals surface area contributed by atoms with Crippen LogP contribution in [0.4, 0.5) is 0 Å². The van der Waals surface area contributed by atoms with E-state index in [0.717, 1.165) is 19.3 Å². The minimum Gasteiger partial charge on any atom is -0.378 e. The van der Waals surface area contributed by atoms with E-state index in [1.54, 1.807) is 6.92 Å². The quantitative estimate of drug-likeness (QED) is 0.694. The molecule has 0 aromatic heterocycles. The molecular formula is C12H18N2O4. The van der Waals surface area contributed by atoms with E-state index < -0.39 is 17.9 Å². The first kappa shape index (κ1) is 13.0. The molecule has 0 bridgehead atoms. The Bertz CT molecular complexity index is 363. The van der Waals surface area contributed by atoms with Crippen molar-refractivity contribution in [3.05, 3.63) is 0 Å². The molecule has 6 nitrogen and oxygen atoms in total. The van der Waals surface area contributed by atoms with Gasteiger partial charge in [-0.05, 0) is 26.2 Å². The van der Waals surface area contributed by atoms with Gasteiger partial charge in [-0.1, -0.05) is 0 Å². The predicted molar refractivity (Wildman–Crippen MR) is 62.5 cm³/mol. The Hall–Kier alpha value is -1.43. The summed E-state index contributed by atoms with van der Waals surface area (Å²) >= 11 is 0. The molecular weight excluding hydrogens is 236 g/mol. The molecule has 1 N–H and O–H groups in total. The number of piperazine rings is 1. The number of hydrogen-bond acceptors (Lipinski definition) is 4. The highest BCUT2D eigenvalue weighted by Gasteiger charge is 2.34. The van der Waals surface area contributed by atoms with Crippen LogP contribution in [0.3, 0.4) is 0 Å². The lowest BCUT2D eigenvalue weighted by Crippen LogP contribution is -2.59. The van der Waals surface area contributed by atoms with Gasteiger partial charge in [0, 0.05) is 6.61 Å². The summed E-state index contributed by atoms with van der Waals surface area (Å²) in [6.45, 7) is 2.27. The number of amides is 3. The SMILES string of the molecule is CC1C(=O)NC(=O)CN1C(=O)CC1CCCCO1. The summed E-state index contributed by atoms with van der Waals surface area (Å²) in [7, 11) is 0. The number of rotatable bonds is 2. The van der Waals surface area contributed by atoms with Crippen molar-refractivity contribution < 1.29 is 19.1 Å². The van der Waals surface area contributed by atoms with Gasteiger partial charge in [-0.15, -0.1) is 0 Å². The van der Waals surface area contributed by atoms with E-state index in [4.69, 9.17) is 4.74 Å². The predicted octanol–water partition coefficient (Wildman–Crippen LogP) is -0.181. The monoisotopic (exact) mass is 254 g/mol. The van der Waals surface area contributed by atoms with Crippen LogP contribution in [-0.2, 0) is 19.1 Å². The van der Waals surface area contributed by atoms with E-state index in [9.17, 15) is 14.4 Å². The zero-order valence-electron chi connectivity index (χ0n) is 10.5. The average molecular weight is 254 g/mol. The number of ether oxygens (including phenoxy) is 1. The first-order valence-electron chi connectivity index (χ1n) is 6.32. The molecule has 2 saturated heterocycles. The van der Waals surface area contributed by atoms with Gasteiger partial charge in [0.15, 0.2) is 0 Å². The molecule has 0 saturated carbocycles. The molecule has 0 spiro atoms. The second-order valence-corrected chi connectivity index (χ2v) is 4.80. The Morgan fingerprint density at radius 2 is 2.22 bits per heavy atom. The van der Waals surface area contributed by atoms with Crippen molar-refractivity contribution in [3.8, 4) is 0 Å². The highest BCUT2D eigenvalue weighted by molar-refractivity contribution is 6.04. The Labute approximate surface area is 106 Å². The van der Waals surface area contributed by atoms with Crippen LogP contribution in [0.5, 0.6) is 0 Å². The molecule has 0 radical (unpaired) electrons. The van der Waals surface area contributed by atoms with Gasteiger partial charge in [-0.25, -0.2) is 0 Å². The average Bonchev–Trinajstić information content (AvgIpc) is 2.35. The summed E-state index contributed by atoms with van der Waals surface area (Å²) in [4.78, 5) is 36.1. The fourth-order valence-corrected chi connectivity index (χ4v) is 2.30. The number of carbonyl (C=O) groups excluding carboxylic acids is 3. The first-order valence-corrected chi connectivity index (χ1v) is 6.32. The zero-order chi connectivity index (χ0) is 13.1. The number of imide groups is 1. The molecule has 0 aromatic rings.